The average Bonchev–Trinajstić information content (AvgIpc) is 2.28. The quantitative estimate of drug-likeness (QED) is 0.744. The molecule has 4 nitrogen and oxygen atoms in total. The van der Waals surface area contributed by atoms with Crippen molar-refractivity contribution >= 4 is 11.9 Å². The fourth-order valence-electron chi connectivity index (χ4n) is 2.28. The molecule has 0 bridgehead atoms. The molecule has 1 unspecified atom stereocenters. The molecule has 1 N–H and O–H groups in total. The van der Waals surface area contributed by atoms with E-state index in [4.69, 9.17) is 5.11 Å². The molecule has 4 heteroatoms. The number of hydrogen-bond donors (Lipinski definition) is 1. The molecule has 1 fully saturated rings. The lowest BCUT2D eigenvalue weighted by molar-refractivity contribution is -0.150. The maximum Gasteiger partial charge on any atom is 0.315 e. The highest BCUT2D eigenvalue weighted by Gasteiger charge is 2.25. The summed E-state index contributed by atoms with van der Waals surface area (Å²) in [4.78, 5) is 24.0. The van der Waals surface area contributed by atoms with E-state index in [2.05, 4.69) is 0 Å². The number of aliphatic carboxylic acids is 1. The molecule has 1 saturated carbocycles. The van der Waals surface area contributed by atoms with Gasteiger partial charge in [-0.25, -0.2) is 0 Å². The lowest BCUT2D eigenvalue weighted by Crippen LogP contribution is -2.38. The molecule has 0 spiro atoms. The highest BCUT2D eigenvalue weighted by molar-refractivity contribution is 5.96. The summed E-state index contributed by atoms with van der Waals surface area (Å²) >= 11 is 0. The van der Waals surface area contributed by atoms with E-state index in [1.54, 1.807) is 11.9 Å². The number of carboxylic acid groups (broad SMARTS) is 1. The third kappa shape index (κ3) is 3.51. The molecule has 1 aliphatic rings. The van der Waals surface area contributed by atoms with Crippen LogP contribution in [0.3, 0.4) is 0 Å². The van der Waals surface area contributed by atoms with Gasteiger partial charge in [-0.3, -0.25) is 9.59 Å². The lowest BCUT2D eigenvalue weighted by atomic mass is 9.89. The van der Waals surface area contributed by atoms with Crippen molar-refractivity contribution in [1.82, 2.24) is 4.90 Å². The number of carboxylic acids is 1. The first-order valence-corrected chi connectivity index (χ1v) is 6.00. The summed E-state index contributed by atoms with van der Waals surface area (Å²) in [5.74, 6) is -1.68. The standard InChI is InChI=1S/C12H21NO3/c1-9(12(15)16)11(14)13(2)8-10-6-4-3-5-7-10/h9-10H,3-8H2,1-2H3,(H,15,16). The SMILES string of the molecule is CC(C(=O)O)C(=O)N(C)CC1CCCCC1. The second kappa shape index (κ2) is 5.87. The number of rotatable bonds is 4. The van der Waals surface area contributed by atoms with Crippen molar-refractivity contribution in [2.75, 3.05) is 13.6 Å². The maximum atomic E-state index is 11.7. The minimum Gasteiger partial charge on any atom is -0.481 e. The van der Waals surface area contributed by atoms with E-state index in [0.29, 0.717) is 12.5 Å². The van der Waals surface area contributed by atoms with Crippen molar-refractivity contribution in [3.63, 3.8) is 0 Å². The Morgan fingerprint density at radius 2 is 1.88 bits per heavy atom. The normalized spacial score (nSPS) is 19.1. The van der Waals surface area contributed by atoms with Gasteiger partial charge >= 0.3 is 5.97 Å². The van der Waals surface area contributed by atoms with Crippen molar-refractivity contribution in [1.29, 1.82) is 0 Å². The summed E-state index contributed by atoms with van der Waals surface area (Å²) in [5.41, 5.74) is 0. The van der Waals surface area contributed by atoms with Crippen molar-refractivity contribution < 1.29 is 14.7 Å². The number of carbonyl (C=O) groups is 2. The monoisotopic (exact) mass is 227 g/mol. The smallest absolute Gasteiger partial charge is 0.315 e. The van der Waals surface area contributed by atoms with Crippen LogP contribution in [0.25, 0.3) is 0 Å². The zero-order valence-electron chi connectivity index (χ0n) is 10.1. The molecule has 0 aliphatic heterocycles. The van der Waals surface area contributed by atoms with Crippen molar-refractivity contribution in [2.24, 2.45) is 11.8 Å². The van der Waals surface area contributed by atoms with Crippen LogP contribution < -0.4 is 0 Å². The van der Waals surface area contributed by atoms with Gasteiger partial charge in [0.15, 0.2) is 0 Å². The fourth-order valence-corrected chi connectivity index (χ4v) is 2.28. The third-order valence-corrected chi connectivity index (χ3v) is 3.37. The Labute approximate surface area is 96.6 Å². The van der Waals surface area contributed by atoms with Crippen LogP contribution in [0.4, 0.5) is 0 Å². The topological polar surface area (TPSA) is 57.6 Å². The van der Waals surface area contributed by atoms with Gasteiger partial charge in [0.1, 0.15) is 5.92 Å². The first-order chi connectivity index (χ1) is 7.52. The number of amides is 1. The van der Waals surface area contributed by atoms with Crippen molar-refractivity contribution in [3.8, 4) is 0 Å². The summed E-state index contributed by atoms with van der Waals surface area (Å²) in [6, 6.07) is 0. The van der Waals surface area contributed by atoms with Gasteiger partial charge < -0.3 is 10.0 Å². The second-order valence-electron chi connectivity index (χ2n) is 4.78. The number of hydrogen-bond acceptors (Lipinski definition) is 2. The first-order valence-electron chi connectivity index (χ1n) is 6.00. The van der Waals surface area contributed by atoms with Crippen LogP contribution in [-0.2, 0) is 9.59 Å². The molecule has 1 amide bonds. The zero-order valence-corrected chi connectivity index (χ0v) is 10.1. The Balaban J connectivity index is 2.41. The molecule has 1 atom stereocenters. The average molecular weight is 227 g/mol. The van der Waals surface area contributed by atoms with Crippen LogP contribution >= 0.6 is 0 Å². The van der Waals surface area contributed by atoms with Crippen LogP contribution in [0.15, 0.2) is 0 Å². The van der Waals surface area contributed by atoms with Crippen LogP contribution in [0.1, 0.15) is 39.0 Å². The predicted molar refractivity (Wildman–Crippen MR) is 61.0 cm³/mol. The maximum absolute atomic E-state index is 11.7. The summed E-state index contributed by atoms with van der Waals surface area (Å²) in [6.45, 7) is 2.15. The largest absolute Gasteiger partial charge is 0.481 e. The molecule has 0 aromatic heterocycles. The van der Waals surface area contributed by atoms with E-state index in [1.807, 2.05) is 0 Å². The molecule has 92 valence electrons. The molecule has 0 aromatic carbocycles. The summed E-state index contributed by atoms with van der Waals surface area (Å²) in [5, 5.41) is 8.76. The molecular formula is C12H21NO3. The molecule has 0 heterocycles. The lowest BCUT2D eigenvalue weighted by Gasteiger charge is -2.27. The van der Waals surface area contributed by atoms with Crippen molar-refractivity contribution in [3.05, 3.63) is 0 Å². The van der Waals surface area contributed by atoms with Gasteiger partial charge in [0.2, 0.25) is 5.91 Å². The van der Waals surface area contributed by atoms with Gasteiger partial charge in [-0.15, -0.1) is 0 Å². The molecule has 0 radical (unpaired) electrons. The van der Waals surface area contributed by atoms with E-state index >= 15 is 0 Å². The van der Waals surface area contributed by atoms with Crippen LogP contribution in [0.2, 0.25) is 0 Å². The zero-order chi connectivity index (χ0) is 12.1. The molecule has 1 rings (SSSR count). The van der Waals surface area contributed by atoms with Gasteiger partial charge in [0.05, 0.1) is 0 Å². The number of carbonyl (C=O) groups excluding carboxylic acids is 1. The van der Waals surface area contributed by atoms with E-state index < -0.39 is 11.9 Å². The Hall–Kier alpha value is -1.06. The van der Waals surface area contributed by atoms with Crippen LogP contribution in [0.5, 0.6) is 0 Å². The van der Waals surface area contributed by atoms with Gasteiger partial charge in [0, 0.05) is 13.6 Å². The van der Waals surface area contributed by atoms with Gasteiger partial charge in [-0.2, -0.15) is 0 Å². The van der Waals surface area contributed by atoms with E-state index in [-0.39, 0.29) is 5.91 Å². The highest BCUT2D eigenvalue weighted by Crippen LogP contribution is 2.24. The van der Waals surface area contributed by atoms with Gasteiger partial charge in [0.25, 0.3) is 0 Å². The van der Waals surface area contributed by atoms with Crippen LogP contribution in [-0.4, -0.2) is 35.5 Å². The molecular weight excluding hydrogens is 206 g/mol. The van der Waals surface area contributed by atoms with Crippen LogP contribution in [0, 0.1) is 11.8 Å². The first kappa shape index (κ1) is 13.0. The molecule has 1 aliphatic carbocycles. The van der Waals surface area contributed by atoms with Crippen molar-refractivity contribution in [2.45, 2.75) is 39.0 Å². The Morgan fingerprint density at radius 3 is 2.38 bits per heavy atom. The summed E-state index contributed by atoms with van der Waals surface area (Å²) < 4.78 is 0. The second-order valence-corrected chi connectivity index (χ2v) is 4.78. The molecule has 16 heavy (non-hydrogen) atoms. The van der Waals surface area contributed by atoms with Gasteiger partial charge in [-0.05, 0) is 25.7 Å². The van der Waals surface area contributed by atoms with E-state index in [9.17, 15) is 9.59 Å². The highest BCUT2D eigenvalue weighted by atomic mass is 16.4. The number of nitrogens with zero attached hydrogens (tertiary/aromatic N) is 1. The summed E-state index contributed by atoms with van der Waals surface area (Å²) in [7, 11) is 1.70. The van der Waals surface area contributed by atoms with E-state index in [1.165, 1.54) is 39.0 Å². The molecule has 0 aromatic rings. The van der Waals surface area contributed by atoms with E-state index in [0.717, 1.165) is 0 Å². The fraction of sp³-hybridized carbons (Fsp3) is 0.833. The third-order valence-electron chi connectivity index (χ3n) is 3.37. The summed E-state index contributed by atoms with van der Waals surface area (Å²) in [6.07, 6.45) is 6.10. The Morgan fingerprint density at radius 1 is 1.31 bits per heavy atom. The Kier molecular flexibility index (Phi) is 4.77. The predicted octanol–water partition coefficient (Wildman–Crippen LogP) is 1.75. The Bertz CT molecular complexity index is 259. The minimum atomic E-state index is -1.04. The molecule has 0 saturated heterocycles. The van der Waals surface area contributed by atoms with Gasteiger partial charge in [-0.1, -0.05) is 19.3 Å². The minimum absolute atomic E-state index is 0.280.